The zero-order valence-electron chi connectivity index (χ0n) is 22.1. The lowest BCUT2D eigenvalue weighted by atomic mass is 9.47. The van der Waals surface area contributed by atoms with Crippen LogP contribution in [0.5, 0.6) is 0 Å². The van der Waals surface area contributed by atoms with Gasteiger partial charge in [-0.05, 0) is 98.2 Å². The molecular formula is C30H52O3. The first kappa shape index (κ1) is 25.7. The fourth-order valence-corrected chi connectivity index (χ4v) is 8.74. The Morgan fingerprint density at radius 1 is 1.00 bits per heavy atom. The number of allylic oxidation sites excluding steroid dienone is 1. The molecule has 190 valence electrons. The molecular weight excluding hydrogens is 408 g/mol. The normalized spacial score (nSPS) is 40.3. The van der Waals surface area contributed by atoms with Crippen LogP contribution >= 0.6 is 0 Å². The lowest BCUT2D eigenvalue weighted by molar-refractivity contribution is -0.0641. The summed E-state index contributed by atoms with van der Waals surface area (Å²) in [5.41, 5.74) is 2.73. The van der Waals surface area contributed by atoms with E-state index in [0.717, 1.165) is 36.0 Å². The molecule has 0 spiro atoms. The van der Waals surface area contributed by atoms with Crippen molar-refractivity contribution in [3.63, 3.8) is 0 Å². The highest BCUT2D eigenvalue weighted by atomic mass is 16.5. The van der Waals surface area contributed by atoms with Gasteiger partial charge in [-0.25, -0.2) is 0 Å². The van der Waals surface area contributed by atoms with Crippen molar-refractivity contribution in [3.05, 3.63) is 11.6 Å². The lowest BCUT2D eigenvalue weighted by Crippen LogP contribution is -2.50. The van der Waals surface area contributed by atoms with Gasteiger partial charge in [0.05, 0.1) is 32.5 Å². The van der Waals surface area contributed by atoms with E-state index in [4.69, 9.17) is 14.6 Å². The minimum absolute atomic E-state index is 0.0934. The van der Waals surface area contributed by atoms with Gasteiger partial charge in [0.1, 0.15) is 0 Å². The monoisotopic (exact) mass is 460 g/mol. The quantitative estimate of drug-likeness (QED) is 0.262. The molecule has 3 heteroatoms. The maximum absolute atomic E-state index is 8.85. The Balaban J connectivity index is 1.34. The summed E-state index contributed by atoms with van der Waals surface area (Å²) >= 11 is 0. The van der Waals surface area contributed by atoms with Gasteiger partial charge in [0.25, 0.3) is 0 Å². The number of aliphatic hydroxyl groups is 1. The maximum atomic E-state index is 8.85. The molecule has 4 rings (SSSR count). The highest BCUT2D eigenvalue weighted by Gasteiger charge is 2.58. The van der Waals surface area contributed by atoms with E-state index in [1.807, 2.05) is 0 Å². The SMILES string of the molecule is CC(C)CCCC[C@H]1CCC2[C@@H]3CC=C4C[C@@H](OCCOCCO)CC[C@]4(C)C3CC[C@@]21C. The van der Waals surface area contributed by atoms with Crippen LogP contribution in [0.3, 0.4) is 0 Å². The Kier molecular flexibility index (Phi) is 8.67. The van der Waals surface area contributed by atoms with E-state index in [9.17, 15) is 0 Å². The van der Waals surface area contributed by atoms with Gasteiger partial charge >= 0.3 is 0 Å². The van der Waals surface area contributed by atoms with E-state index in [0.29, 0.717) is 36.8 Å². The van der Waals surface area contributed by atoms with Crippen LogP contribution < -0.4 is 0 Å². The van der Waals surface area contributed by atoms with Crippen molar-refractivity contribution in [1.29, 1.82) is 0 Å². The van der Waals surface area contributed by atoms with Crippen LogP contribution in [0, 0.1) is 40.4 Å². The fraction of sp³-hybridized carbons (Fsp3) is 0.933. The van der Waals surface area contributed by atoms with E-state index in [1.165, 1.54) is 70.6 Å². The number of aliphatic hydroxyl groups excluding tert-OH is 1. The predicted molar refractivity (Wildman–Crippen MR) is 136 cm³/mol. The molecule has 0 saturated heterocycles. The highest BCUT2D eigenvalue weighted by molar-refractivity contribution is 5.25. The molecule has 0 aromatic rings. The zero-order chi connectivity index (χ0) is 23.5. The smallest absolute Gasteiger partial charge is 0.0704 e. The predicted octanol–water partition coefficient (Wildman–Crippen LogP) is 7.18. The summed E-state index contributed by atoms with van der Waals surface area (Å²) in [6.45, 7) is 11.8. The third-order valence-corrected chi connectivity index (χ3v) is 10.7. The third-order valence-electron chi connectivity index (χ3n) is 10.7. The molecule has 1 N–H and O–H groups in total. The molecule has 0 amide bonds. The average molecular weight is 461 g/mol. The first-order valence-corrected chi connectivity index (χ1v) is 14.4. The fourth-order valence-electron chi connectivity index (χ4n) is 8.74. The summed E-state index contributed by atoms with van der Waals surface area (Å²) in [5.74, 6) is 4.60. The van der Waals surface area contributed by atoms with Crippen LogP contribution in [0.2, 0.25) is 0 Å². The number of ether oxygens (including phenoxy) is 2. The van der Waals surface area contributed by atoms with Crippen LogP contribution in [0.1, 0.15) is 105 Å². The van der Waals surface area contributed by atoms with Crippen LogP contribution in [0.25, 0.3) is 0 Å². The van der Waals surface area contributed by atoms with Gasteiger partial charge in [0.15, 0.2) is 0 Å². The Labute approximate surface area is 204 Å². The van der Waals surface area contributed by atoms with E-state index in [1.54, 1.807) is 5.57 Å². The molecule has 2 unspecified atom stereocenters. The molecule has 33 heavy (non-hydrogen) atoms. The van der Waals surface area contributed by atoms with Crippen LogP contribution in [0.4, 0.5) is 0 Å². The van der Waals surface area contributed by atoms with E-state index in [-0.39, 0.29) is 6.61 Å². The third kappa shape index (κ3) is 5.41. The van der Waals surface area contributed by atoms with Gasteiger partial charge < -0.3 is 14.6 Å². The summed E-state index contributed by atoms with van der Waals surface area (Å²) in [5, 5.41) is 8.85. The molecule has 4 aliphatic carbocycles. The van der Waals surface area contributed by atoms with Gasteiger partial charge in [0.2, 0.25) is 0 Å². The second-order valence-electron chi connectivity index (χ2n) is 12.8. The van der Waals surface area contributed by atoms with Gasteiger partial charge in [-0.1, -0.05) is 58.6 Å². The molecule has 0 bridgehead atoms. The molecule has 0 aromatic carbocycles. The average Bonchev–Trinajstić information content (AvgIpc) is 3.13. The number of rotatable bonds is 11. The van der Waals surface area contributed by atoms with Gasteiger partial charge in [-0.3, -0.25) is 0 Å². The Hall–Kier alpha value is -0.380. The lowest BCUT2D eigenvalue weighted by Gasteiger charge is -2.58. The molecule has 0 heterocycles. The summed E-state index contributed by atoms with van der Waals surface area (Å²) in [7, 11) is 0. The van der Waals surface area contributed by atoms with Crippen molar-refractivity contribution in [3.8, 4) is 0 Å². The largest absolute Gasteiger partial charge is 0.394 e. The number of hydrogen-bond acceptors (Lipinski definition) is 3. The molecule has 0 aromatic heterocycles. The first-order chi connectivity index (χ1) is 15.9. The van der Waals surface area contributed by atoms with Crippen molar-refractivity contribution < 1.29 is 14.6 Å². The van der Waals surface area contributed by atoms with Crippen LogP contribution in [-0.4, -0.2) is 37.6 Å². The Morgan fingerprint density at radius 2 is 1.85 bits per heavy atom. The van der Waals surface area contributed by atoms with E-state index >= 15 is 0 Å². The highest BCUT2D eigenvalue weighted by Crippen LogP contribution is 2.66. The number of unbranched alkanes of at least 4 members (excludes halogenated alkanes) is 1. The molecule has 3 nitrogen and oxygen atoms in total. The van der Waals surface area contributed by atoms with E-state index in [2.05, 4.69) is 33.8 Å². The topological polar surface area (TPSA) is 38.7 Å². The minimum Gasteiger partial charge on any atom is -0.394 e. The second-order valence-corrected chi connectivity index (χ2v) is 12.8. The van der Waals surface area contributed by atoms with Gasteiger partial charge in [-0.15, -0.1) is 0 Å². The van der Waals surface area contributed by atoms with E-state index < -0.39 is 0 Å². The minimum atomic E-state index is 0.0934. The van der Waals surface area contributed by atoms with Crippen molar-refractivity contribution >= 4 is 0 Å². The molecule has 3 fully saturated rings. The van der Waals surface area contributed by atoms with Crippen LogP contribution in [-0.2, 0) is 9.47 Å². The molecule has 3 saturated carbocycles. The zero-order valence-corrected chi connectivity index (χ0v) is 22.1. The van der Waals surface area contributed by atoms with Crippen molar-refractivity contribution in [2.45, 2.75) is 111 Å². The number of fused-ring (bicyclic) bond motifs is 5. The molecule has 7 atom stereocenters. The summed E-state index contributed by atoms with van der Waals surface area (Å²) in [6.07, 6.45) is 19.6. The second kappa shape index (κ2) is 11.1. The summed E-state index contributed by atoms with van der Waals surface area (Å²) < 4.78 is 11.6. The van der Waals surface area contributed by atoms with Crippen molar-refractivity contribution in [2.24, 2.45) is 40.4 Å². The van der Waals surface area contributed by atoms with Crippen LogP contribution in [0.15, 0.2) is 11.6 Å². The summed E-state index contributed by atoms with van der Waals surface area (Å²) in [4.78, 5) is 0. The number of hydrogen-bond donors (Lipinski definition) is 1. The Morgan fingerprint density at radius 3 is 2.64 bits per heavy atom. The molecule has 4 aliphatic rings. The molecule has 0 radical (unpaired) electrons. The van der Waals surface area contributed by atoms with Crippen molar-refractivity contribution in [1.82, 2.24) is 0 Å². The maximum Gasteiger partial charge on any atom is 0.0704 e. The van der Waals surface area contributed by atoms with Gasteiger partial charge in [-0.2, -0.15) is 0 Å². The standard InChI is InChI=1S/C30H52O3/c1-22(2)7-5-6-8-23-10-12-27-26-11-9-24-21-25(33-20-19-32-18-17-31)13-15-30(24,4)28(26)14-16-29(23,27)3/h9,22-23,25-28,31H,5-8,10-21H2,1-4H3/t23-,25-,26-,27?,28?,29+,30-/m0/s1. The Bertz CT molecular complexity index is 657. The van der Waals surface area contributed by atoms with Crippen molar-refractivity contribution in [2.75, 3.05) is 26.4 Å². The summed E-state index contributed by atoms with van der Waals surface area (Å²) in [6, 6.07) is 0. The first-order valence-electron chi connectivity index (χ1n) is 14.4. The van der Waals surface area contributed by atoms with Gasteiger partial charge in [0, 0.05) is 0 Å². The molecule has 0 aliphatic heterocycles.